The highest BCUT2D eigenvalue weighted by Gasteiger charge is 2.14. The first-order valence-corrected chi connectivity index (χ1v) is 6.48. The van der Waals surface area contributed by atoms with Crippen LogP contribution in [0.25, 0.3) is 0 Å². The largest absolute Gasteiger partial charge is 0.481 e. The van der Waals surface area contributed by atoms with Crippen molar-refractivity contribution in [1.82, 2.24) is 15.3 Å². The van der Waals surface area contributed by atoms with E-state index in [0.29, 0.717) is 5.88 Å². The van der Waals surface area contributed by atoms with E-state index in [0.717, 1.165) is 37.2 Å². The van der Waals surface area contributed by atoms with Crippen molar-refractivity contribution in [3.63, 3.8) is 0 Å². The first kappa shape index (κ1) is 11.5. The Morgan fingerprint density at radius 2 is 2.12 bits per heavy atom. The van der Waals surface area contributed by atoms with E-state index in [1.165, 1.54) is 11.8 Å². The molecule has 6 heteroatoms. The minimum absolute atomic E-state index is 0.632. The molecule has 0 radical (unpaired) electrons. The average molecular weight is 240 g/mol. The number of nitrogens with zero attached hydrogens (tertiary/aromatic N) is 3. The third-order valence-electron chi connectivity index (χ3n) is 2.50. The third kappa shape index (κ3) is 2.56. The van der Waals surface area contributed by atoms with Gasteiger partial charge >= 0.3 is 0 Å². The fraction of sp³-hybridized carbons (Fsp3) is 0.600. The molecular weight excluding hydrogens is 224 g/mol. The smallest absolute Gasteiger partial charge is 0.219 e. The van der Waals surface area contributed by atoms with Crippen molar-refractivity contribution in [2.45, 2.75) is 5.16 Å². The van der Waals surface area contributed by atoms with Gasteiger partial charge < -0.3 is 15.0 Å². The summed E-state index contributed by atoms with van der Waals surface area (Å²) in [6.45, 7) is 3.96. The number of rotatable bonds is 3. The van der Waals surface area contributed by atoms with Gasteiger partial charge in [0.25, 0.3) is 0 Å². The molecule has 1 N–H and O–H groups in total. The lowest BCUT2D eigenvalue weighted by Gasteiger charge is -2.28. The minimum Gasteiger partial charge on any atom is -0.481 e. The first-order chi connectivity index (χ1) is 7.83. The maximum Gasteiger partial charge on any atom is 0.219 e. The van der Waals surface area contributed by atoms with Gasteiger partial charge in [0.2, 0.25) is 5.88 Å². The third-order valence-corrected chi connectivity index (χ3v) is 3.05. The van der Waals surface area contributed by atoms with Gasteiger partial charge in [-0.25, -0.2) is 4.98 Å². The number of aromatic nitrogens is 2. The van der Waals surface area contributed by atoms with Crippen LogP contribution in [-0.4, -0.2) is 49.5 Å². The van der Waals surface area contributed by atoms with Crippen LogP contribution in [0, 0.1) is 0 Å². The summed E-state index contributed by atoms with van der Waals surface area (Å²) in [5.41, 5.74) is 0. The number of methoxy groups -OCH3 is 1. The summed E-state index contributed by atoms with van der Waals surface area (Å²) in [5.74, 6) is 1.59. The van der Waals surface area contributed by atoms with Crippen LogP contribution in [0.3, 0.4) is 0 Å². The van der Waals surface area contributed by atoms with Crippen LogP contribution < -0.4 is 15.0 Å². The summed E-state index contributed by atoms with van der Waals surface area (Å²) in [6, 6.07) is 1.89. The van der Waals surface area contributed by atoms with E-state index in [9.17, 15) is 0 Å². The molecule has 16 heavy (non-hydrogen) atoms. The average Bonchev–Trinajstić information content (AvgIpc) is 2.39. The lowest BCUT2D eigenvalue weighted by molar-refractivity contribution is 0.392. The molecule has 1 aliphatic rings. The summed E-state index contributed by atoms with van der Waals surface area (Å²) >= 11 is 1.53. The van der Waals surface area contributed by atoms with Gasteiger partial charge in [-0.2, -0.15) is 4.98 Å². The number of nitrogens with one attached hydrogen (secondary N) is 1. The molecule has 1 aromatic heterocycles. The topological polar surface area (TPSA) is 50.3 Å². The van der Waals surface area contributed by atoms with Crippen molar-refractivity contribution in [2.75, 3.05) is 44.4 Å². The molecule has 1 aliphatic heterocycles. The van der Waals surface area contributed by atoms with Crippen molar-refractivity contribution in [3.8, 4) is 5.88 Å². The molecule has 0 unspecified atom stereocenters. The Balaban J connectivity index is 2.24. The summed E-state index contributed by atoms with van der Waals surface area (Å²) in [7, 11) is 1.63. The van der Waals surface area contributed by atoms with Crippen molar-refractivity contribution in [1.29, 1.82) is 0 Å². The molecule has 2 rings (SSSR count). The van der Waals surface area contributed by atoms with Gasteiger partial charge in [0.05, 0.1) is 7.11 Å². The summed E-state index contributed by atoms with van der Waals surface area (Å²) in [5, 5.41) is 4.08. The summed E-state index contributed by atoms with van der Waals surface area (Å²) < 4.78 is 5.18. The molecule has 2 heterocycles. The van der Waals surface area contributed by atoms with Crippen LogP contribution in [0.2, 0.25) is 0 Å². The minimum atomic E-state index is 0.632. The van der Waals surface area contributed by atoms with Crippen LogP contribution in [-0.2, 0) is 0 Å². The SMILES string of the molecule is COc1cc(N2CCNCC2)nc(SC)n1. The van der Waals surface area contributed by atoms with Gasteiger partial charge in [-0.3, -0.25) is 0 Å². The Labute approximate surface area is 99.6 Å². The monoisotopic (exact) mass is 240 g/mol. The maximum absolute atomic E-state index is 5.18. The van der Waals surface area contributed by atoms with Crippen LogP contribution in [0.1, 0.15) is 0 Å². The first-order valence-electron chi connectivity index (χ1n) is 5.26. The van der Waals surface area contributed by atoms with E-state index >= 15 is 0 Å². The second kappa shape index (κ2) is 5.36. The predicted octanol–water partition coefficient (Wildman–Crippen LogP) is 0.617. The Bertz CT molecular complexity index is 332. The molecule has 0 spiro atoms. The zero-order valence-corrected chi connectivity index (χ0v) is 10.4. The normalized spacial score (nSPS) is 16.2. The van der Waals surface area contributed by atoms with E-state index in [-0.39, 0.29) is 0 Å². The highest BCUT2D eigenvalue weighted by atomic mass is 32.2. The van der Waals surface area contributed by atoms with Crippen molar-refractivity contribution < 1.29 is 4.74 Å². The molecule has 5 nitrogen and oxygen atoms in total. The second-order valence-corrected chi connectivity index (χ2v) is 4.27. The Hall–Kier alpha value is -1.01. The molecule has 1 fully saturated rings. The number of ether oxygens (including phenoxy) is 1. The van der Waals surface area contributed by atoms with Gasteiger partial charge in [0.1, 0.15) is 5.82 Å². The molecule has 88 valence electrons. The standard InChI is InChI=1S/C10H16N4OS/c1-15-9-7-8(12-10(13-9)16-2)14-5-3-11-4-6-14/h7,11H,3-6H2,1-2H3. The van der Waals surface area contributed by atoms with Gasteiger partial charge in [-0.1, -0.05) is 11.8 Å². The molecule has 1 saturated heterocycles. The predicted molar refractivity (Wildman–Crippen MR) is 65.4 cm³/mol. The lowest BCUT2D eigenvalue weighted by Crippen LogP contribution is -2.43. The zero-order chi connectivity index (χ0) is 11.4. The van der Waals surface area contributed by atoms with Gasteiger partial charge in [-0.15, -0.1) is 0 Å². The van der Waals surface area contributed by atoms with E-state index in [4.69, 9.17) is 4.74 Å². The fourth-order valence-electron chi connectivity index (χ4n) is 1.64. The fourth-order valence-corrected chi connectivity index (χ4v) is 2.01. The lowest BCUT2D eigenvalue weighted by atomic mass is 10.3. The number of hydrogen-bond donors (Lipinski definition) is 1. The Morgan fingerprint density at radius 1 is 1.38 bits per heavy atom. The molecule has 0 amide bonds. The number of piperazine rings is 1. The van der Waals surface area contributed by atoms with Crippen LogP contribution in [0.15, 0.2) is 11.2 Å². The van der Waals surface area contributed by atoms with Crippen molar-refractivity contribution in [2.24, 2.45) is 0 Å². The van der Waals surface area contributed by atoms with Crippen LogP contribution in [0.4, 0.5) is 5.82 Å². The number of anilines is 1. The second-order valence-electron chi connectivity index (χ2n) is 3.49. The molecule has 0 aromatic carbocycles. The number of thioether (sulfide) groups is 1. The molecular formula is C10H16N4OS. The molecule has 1 aromatic rings. The van der Waals surface area contributed by atoms with E-state index in [1.54, 1.807) is 7.11 Å². The van der Waals surface area contributed by atoms with Gasteiger partial charge in [-0.05, 0) is 6.26 Å². The van der Waals surface area contributed by atoms with Crippen molar-refractivity contribution in [3.05, 3.63) is 6.07 Å². The molecule has 0 saturated carbocycles. The van der Waals surface area contributed by atoms with Gasteiger partial charge in [0, 0.05) is 32.2 Å². The molecule has 0 bridgehead atoms. The quantitative estimate of drug-likeness (QED) is 0.617. The number of hydrogen-bond acceptors (Lipinski definition) is 6. The maximum atomic E-state index is 5.18. The van der Waals surface area contributed by atoms with E-state index < -0.39 is 0 Å². The summed E-state index contributed by atoms with van der Waals surface area (Å²) in [4.78, 5) is 11.0. The van der Waals surface area contributed by atoms with Crippen LogP contribution >= 0.6 is 11.8 Å². The molecule has 0 aliphatic carbocycles. The summed E-state index contributed by atoms with van der Waals surface area (Å²) in [6.07, 6.45) is 1.97. The van der Waals surface area contributed by atoms with Gasteiger partial charge in [0.15, 0.2) is 5.16 Å². The Morgan fingerprint density at radius 3 is 2.75 bits per heavy atom. The highest BCUT2D eigenvalue weighted by molar-refractivity contribution is 7.98. The van der Waals surface area contributed by atoms with Crippen LogP contribution in [0.5, 0.6) is 5.88 Å². The molecule has 0 atom stereocenters. The van der Waals surface area contributed by atoms with E-state index in [2.05, 4.69) is 20.2 Å². The van der Waals surface area contributed by atoms with Crippen molar-refractivity contribution >= 4 is 17.6 Å². The highest BCUT2D eigenvalue weighted by Crippen LogP contribution is 2.21. The Kier molecular flexibility index (Phi) is 3.84. The zero-order valence-electron chi connectivity index (χ0n) is 9.56. The van der Waals surface area contributed by atoms with E-state index in [1.807, 2.05) is 12.3 Å².